The van der Waals surface area contributed by atoms with Crippen LogP contribution in [0.3, 0.4) is 0 Å². The average molecular weight is 389 g/mol. The topological polar surface area (TPSA) is 75.3 Å². The zero-order chi connectivity index (χ0) is 19.9. The molecule has 0 spiro atoms. The Hall–Kier alpha value is -2.34. The number of benzene rings is 2. The molecule has 2 aromatic carbocycles. The number of anilines is 2. The Morgan fingerprint density at radius 2 is 1.67 bits per heavy atom. The molecule has 146 valence electrons. The van der Waals surface area contributed by atoms with E-state index in [1.54, 1.807) is 18.2 Å². The molecule has 2 aromatic rings. The second kappa shape index (κ2) is 9.55. The van der Waals surface area contributed by atoms with Crippen LogP contribution in [0, 0.1) is 13.8 Å². The summed E-state index contributed by atoms with van der Waals surface area (Å²) < 4.78 is 27.8. The van der Waals surface area contributed by atoms with Crippen LogP contribution in [-0.2, 0) is 14.8 Å². The number of hydrogen-bond donors (Lipinski definition) is 2. The Labute approximate surface area is 162 Å². The fraction of sp³-hybridized carbons (Fsp3) is 0.381. The van der Waals surface area contributed by atoms with Gasteiger partial charge in [-0.2, -0.15) is 0 Å². The normalized spacial score (nSPS) is 11.2. The highest BCUT2D eigenvalue weighted by Gasteiger charge is 2.15. The molecule has 1 amide bonds. The van der Waals surface area contributed by atoms with E-state index in [0.29, 0.717) is 17.8 Å². The van der Waals surface area contributed by atoms with E-state index in [9.17, 15) is 13.2 Å². The molecular weight excluding hydrogens is 360 g/mol. The molecule has 0 fully saturated rings. The quantitative estimate of drug-likeness (QED) is 0.593. The summed E-state index contributed by atoms with van der Waals surface area (Å²) in [5.74, 6) is -0.0462. The third-order valence-electron chi connectivity index (χ3n) is 4.33. The van der Waals surface area contributed by atoms with Crippen LogP contribution in [0.25, 0.3) is 0 Å². The van der Waals surface area contributed by atoms with Gasteiger partial charge in [0, 0.05) is 12.1 Å². The number of rotatable bonds is 9. The number of carbonyl (C=O) groups excluding carboxylic acids is 1. The smallest absolute Gasteiger partial charge is 0.261 e. The van der Waals surface area contributed by atoms with E-state index in [-0.39, 0.29) is 10.8 Å². The van der Waals surface area contributed by atoms with Crippen molar-refractivity contribution in [3.63, 3.8) is 0 Å². The summed E-state index contributed by atoms with van der Waals surface area (Å²) in [6.45, 7) is 5.96. The van der Waals surface area contributed by atoms with E-state index >= 15 is 0 Å². The number of amides is 1. The molecule has 27 heavy (non-hydrogen) atoms. The Bertz CT molecular complexity index is 875. The van der Waals surface area contributed by atoms with Gasteiger partial charge in [0.05, 0.1) is 10.6 Å². The Balaban J connectivity index is 1.99. The SMILES string of the molecule is CCCCCCC(=O)Nc1ccc(S(=O)(=O)Nc2ccc(C)cc2C)cc1. The number of nitrogens with one attached hydrogen (secondary N) is 2. The molecule has 0 radical (unpaired) electrons. The zero-order valence-electron chi connectivity index (χ0n) is 16.2. The minimum atomic E-state index is -3.68. The summed E-state index contributed by atoms with van der Waals surface area (Å²) in [7, 11) is -3.68. The summed E-state index contributed by atoms with van der Waals surface area (Å²) in [5, 5.41) is 2.81. The van der Waals surface area contributed by atoms with E-state index in [0.717, 1.165) is 36.8 Å². The number of sulfonamides is 1. The first-order chi connectivity index (χ1) is 12.8. The van der Waals surface area contributed by atoms with Gasteiger partial charge in [-0.3, -0.25) is 9.52 Å². The van der Waals surface area contributed by atoms with Crippen molar-refractivity contribution < 1.29 is 13.2 Å². The van der Waals surface area contributed by atoms with Crippen LogP contribution in [0.2, 0.25) is 0 Å². The van der Waals surface area contributed by atoms with Gasteiger partial charge in [0.25, 0.3) is 10.0 Å². The maximum absolute atomic E-state index is 12.6. The number of unbranched alkanes of at least 4 members (excludes halogenated alkanes) is 3. The van der Waals surface area contributed by atoms with Crippen LogP contribution in [0.15, 0.2) is 47.4 Å². The van der Waals surface area contributed by atoms with Crippen molar-refractivity contribution >= 4 is 27.3 Å². The largest absolute Gasteiger partial charge is 0.326 e. The van der Waals surface area contributed by atoms with E-state index < -0.39 is 10.0 Å². The van der Waals surface area contributed by atoms with E-state index in [4.69, 9.17) is 0 Å². The van der Waals surface area contributed by atoms with Crippen LogP contribution >= 0.6 is 0 Å². The molecule has 0 saturated carbocycles. The Morgan fingerprint density at radius 3 is 2.30 bits per heavy atom. The van der Waals surface area contributed by atoms with Gasteiger partial charge in [-0.1, -0.05) is 43.9 Å². The number of hydrogen-bond acceptors (Lipinski definition) is 3. The average Bonchev–Trinajstić information content (AvgIpc) is 2.62. The summed E-state index contributed by atoms with van der Waals surface area (Å²) in [6.07, 6.45) is 4.66. The van der Waals surface area contributed by atoms with Gasteiger partial charge >= 0.3 is 0 Å². The molecule has 0 aliphatic carbocycles. The lowest BCUT2D eigenvalue weighted by atomic mass is 10.1. The summed E-state index contributed by atoms with van der Waals surface area (Å²) in [6, 6.07) is 11.8. The predicted octanol–water partition coefficient (Wildman–Crippen LogP) is 5.01. The van der Waals surface area contributed by atoms with Gasteiger partial charge < -0.3 is 5.32 Å². The van der Waals surface area contributed by atoms with E-state index in [1.807, 2.05) is 26.0 Å². The third-order valence-corrected chi connectivity index (χ3v) is 5.71. The maximum atomic E-state index is 12.6. The van der Waals surface area contributed by atoms with Crippen molar-refractivity contribution in [1.82, 2.24) is 0 Å². The van der Waals surface area contributed by atoms with Crippen molar-refractivity contribution in [2.75, 3.05) is 10.0 Å². The van der Waals surface area contributed by atoms with Crippen molar-refractivity contribution in [2.45, 2.75) is 57.8 Å². The molecule has 6 heteroatoms. The summed E-state index contributed by atoms with van der Waals surface area (Å²) in [4.78, 5) is 12.1. The fourth-order valence-electron chi connectivity index (χ4n) is 2.79. The van der Waals surface area contributed by atoms with Gasteiger partial charge in [0.1, 0.15) is 0 Å². The second-order valence-corrected chi connectivity index (χ2v) is 8.49. The molecular formula is C21H28N2O3S. The van der Waals surface area contributed by atoms with Crippen LogP contribution in [-0.4, -0.2) is 14.3 Å². The van der Waals surface area contributed by atoms with Crippen LogP contribution in [0.1, 0.15) is 50.2 Å². The minimum Gasteiger partial charge on any atom is -0.326 e. The molecule has 2 N–H and O–H groups in total. The van der Waals surface area contributed by atoms with E-state index in [1.165, 1.54) is 12.1 Å². The molecule has 0 aliphatic heterocycles. The first kappa shape index (κ1) is 21.0. The highest BCUT2D eigenvalue weighted by molar-refractivity contribution is 7.92. The lowest BCUT2D eigenvalue weighted by molar-refractivity contribution is -0.116. The first-order valence-electron chi connectivity index (χ1n) is 9.32. The van der Waals surface area contributed by atoms with Gasteiger partial charge in [-0.25, -0.2) is 8.42 Å². The van der Waals surface area contributed by atoms with Crippen molar-refractivity contribution in [1.29, 1.82) is 0 Å². The summed E-state index contributed by atoms with van der Waals surface area (Å²) in [5.41, 5.74) is 3.10. The Morgan fingerprint density at radius 1 is 0.963 bits per heavy atom. The van der Waals surface area contributed by atoms with Crippen molar-refractivity contribution in [3.8, 4) is 0 Å². The highest BCUT2D eigenvalue weighted by atomic mass is 32.2. The highest BCUT2D eigenvalue weighted by Crippen LogP contribution is 2.22. The van der Waals surface area contributed by atoms with Gasteiger partial charge in [-0.05, 0) is 56.2 Å². The van der Waals surface area contributed by atoms with Crippen LogP contribution < -0.4 is 10.0 Å². The molecule has 5 nitrogen and oxygen atoms in total. The first-order valence-corrected chi connectivity index (χ1v) is 10.8. The van der Waals surface area contributed by atoms with Crippen molar-refractivity contribution in [2.24, 2.45) is 0 Å². The molecule has 0 aliphatic rings. The monoisotopic (exact) mass is 388 g/mol. The summed E-state index contributed by atoms with van der Waals surface area (Å²) >= 11 is 0. The molecule has 0 unspecified atom stereocenters. The third kappa shape index (κ3) is 6.40. The molecule has 0 aromatic heterocycles. The lowest BCUT2D eigenvalue weighted by Crippen LogP contribution is -2.14. The predicted molar refractivity (Wildman–Crippen MR) is 111 cm³/mol. The molecule has 2 rings (SSSR count). The molecule has 0 atom stereocenters. The molecule has 0 bridgehead atoms. The van der Waals surface area contributed by atoms with Crippen LogP contribution in [0.5, 0.6) is 0 Å². The Kier molecular flexibility index (Phi) is 7.42. The van der Waals surface area contributed by atoms with Gasteiger partial charge in [0.15, 0.2) is 0 Å². The maximum Gasteiger partial charge on any atom is 0.261 e. The fourth-order valence-corrected chi connectivity index (χ4v) is 3.92. The van der Waals surface area contributed by atoms with Crippen LogP contribution in [0.4, 0.5) is 11.4 Å². The minimum absolute atomic E-state index is 0.0462. The lowest BCUT2D eigenvalue weighted by Gasteiger charge is -2.12. The number of carbonyl (C=O) groups is 1. The second-order valence-electron chi connectivity index (χ2n) is 6.81. The zero-order valence-corrected chi connectivity index (χ0v) is 17.0. The van der Waals surface area contributed by atoms with Gasteiger partial charge in [0.2, 0.25) is 5.91 Å². The molecule has 0 saturated heterocycles. The standard InChI is InChI=1S/C21H28N2O3S/c1-4-5-6-7-8-21(24)22-18-10-12-19(13-11-18)27(25,26)23-20-14-9-16(2)15-17(20)3/h9-15,23H,4-8H2,1-3H3,(H,22,24). The number of aryl methyl sites for hydroxylation is 2. The molecule has 0 heterocycles. The van der Waals surface area contributed by atoms with Crippen molar-refractivity contribution in [3.05, 3.63) is 53.6 Å². The van der Waals surface area contributed by atoms with E-state index in [2.05, 4.69) is 17.0 Å². The van der Waals surface area contributed by atoms with Gasteiger partial charge in [-0.15, -0.1) is 0 Å².